The zero-order chi connectivity index (χ0) is 19.1. The van der Waals surface area contributed by atoms with Crippen LogP contribution in [0.5, 0.6) is 5.75 Å². The van der Waals surface area contributed by atoms with Gasteiger partial charge < -0.3 is 14.8 Å². The molecular weight excluding hydrogens is 341 g/mol. The summed E-state index contributed by atoms with van der Waals surface area (Å²) < 4.78 is 23.3. The Hall–Kier alpha value is -3.22. The number of benzene rings is 2. The molecule has 136 valence electrons. The number of hydrogen-bond acceptors (Lipinski definition) is 5. The fourth-order valence-electron chi connectivity index (χ4n) is 2.25. The number of amides is 1. The summed E-state index contributed by atoms with van der Waals surface area (Å²) in [5, 5.41) is 2.62. The Labute approximate surface area is 149 Å². The van der Waals surface area contributed by atoms with E-state index in [1.54, 1.807) is 24.3 Å². The van der Waals surface area contributed by atoms with Crippen molar-refractivity contribution in [2.75, 3.05) is 19.0 Å². The highest BCUT2D eigenvalue weighted by molar-refractivity contribution is 6.00. The van der Waals surface area contributed by atoms with E-state index in [1.807, 2.05) is 0 Å². The summed E-state index contributed by atoms with van der Waals surface area (Å²) in [5.74, 6) is -1.72. The van der Waals surface area contributed by atoms with Crippen LogP contribution in [0.25, 0.3) is 0 Å². The van der Waals surface area contributed by atoms with Crippen molar-refractivity contribution in [2.24, 2.45) is 0 Å². The molecule has 1 amide bonds. The zero-order valence-electron chi connectivity index (χ0n) is 14.4. The smallest absolute Gasteiger partial charge is 0.310 e. The molecule has 2 aromatic rings. The van der Waals surface area contributed by atoms with Crippen LogP contribution in [0.4, 0.5) is 10.1 Å². The number of esters is 1. The molecule has 0 aliphatic rings. The Morgan fingerprint density at radius 2 is 1.77 bits per heavy atom. The molecule has 0 saturated carbocycles. The second-order valence-corrected chi connectivity index (χ2v) is 5.48. The topological polar surface area (TPSA) is 81.7 Å². The van der Waals surface area contributed by atoms with E-state index in [0.29, 0.717) is 11.3 Å². The largest absolute Gasteiger partial charge is 0.496 e. The van der Waals surface area contributed by atoms with Crippen LogP contribution in [0.3, 0.4) is 0 Å². The maximum atomic E-state index is 13.3. The van der Waals surface area contributed by atoms with Crippen molar-refractivity contribution in [1.82, 2.24) is 0 Å². The van der Waals surface area contributed by atoms with E-state index < -0.39 is 24.2 Å². The van der Waals surface area contributed by atoms with E-state index in [1.165, 1.54) is 26.2 Å². The van der Waals surface area contributed by atoms with Gasteiger partial charge >= 0.3 is 5.97 Å². The minimum Gasteiger partial charge on any atom is -0.496 e. The van der Waals surface area contributed by atoms with Gasteiger partial charge in [-0.15, -0.1) is 0 Å². The Morgan fingerprint density at radius 1 is 1.08 bits per heavy atom. The second-order valence-electron chi connectivity index (χ2n) is 5.48. The average Bonchev–Trinajstić information content (AvgIpc) is 2.61. The molecule has 0 spiro atoms. The first-order valence-electron chi connectivity index (χ1n) is 7.78. The lowest BCUT2D eigenvalue weighted by Gasteiger charge is -2.09. The number of ketones is 1. The van der Waals surface area contributed by atoms with Crippen LogP contribution >= 0.6 is 0 Å². The molecule has 7 heteroatoms. The molecule has 0 fully saturated rings. The summed E-state index contributed by atoms with van der Waals surface area (Å²) >= 11 is 0. The van der Waals surface area contributed by atoms with Gasteiger partial charge in [-0.1, -0.05) is 12.1 Å². The number of halogens is 1. The molecule has 0 unspecified atom stereocenters. The molecule has 0 radical (unpaired) electrons. The summed E-state index contributed by atoms with van der Waals surface area (Å²) in [6.07, 6.45) is -0.0338. The fourth-order valence-corrected chi connectivity index (χ4v) is 2.25. The molecule has 0 atom stereocenters. The van der Waals surface area contributed by atoms with E-state index in [4.69, 9.17) is 9.47 Å². The number of Topliss-reactive ketones (excluding diaryl/α,β-unsaturated/α-hetero) is 1. The molecule has 26 heavy (non-hydrogen) atoms. The summed E-state index contributed by atoms with van der Waals surface area (Å²) in [4.78, 5) is 35.0. The Kier molecular flexibility index (Phi) is 6.43. The third-order valence-electron chi connectivity index (χ3n) is 3.45. The van der Waals surface area contributed by atoms with Gasteiger partial charge in [0.1, 0.15) is 11.6 Å². The SMILES string of the molecule is COc1ccc(F)cc1C(=O)COC(=O)Cc1ccc(NC(C)=O)cc1. The highest BCUT2D eigenvalue weighted by atomic mass is 19.1. The highest BCUT2D eigenvalue weighted by Crippen LogP contribution is 2.20. The van der Waals surface area contributed by atoms with Crippen molar-refractivity contribution in [3.05, 3.63) is 59.4 Å². The first kappa shape index (κ1) is 19.1. The maximum Gasteiger partial charge on any atom is 0.310 e. The van der Waals surface area contributed by atoms with Crippen molar-refractivity contribution in [3.63, 3.8) is 0 Å². The van der Waals surface area contributed by atoms with Crippen molar-refractivity contribution in [1.29, 1.82) is 0 Å². The van der Waals surface area contributed by atoms with Crippen LogP contribution < -0.4 is 10.1 Å². The van der Waals surface area contributed by atoms with E-state index in [-0.39, 0.29) is 23.6 Å². The number of carbonyl (C=O) groups is 3. The van der Waals surface area contributed by atoms with Gasteiger partial charge in [-0.05, 0) is 35.9 Å². The molecule has 1 N–H and O–H groups in total. The molecular formula is C19H18FNO5. The lowest BCUT2D eigenvalue weighted by atomic mass is 10.1. The van der Waals surface area contributed by atoms with Gasteiger partial charge in [0, 0.05) is 12.6 Å². The van der Waals surface area contributed by atoms with Crippen LogP contribution in [0.2, 0.25) is 0 Å². The second kappa shape index (κ2) is 8.75. The zero-order valence-corrected chi connectivity index (χ0v) is 14.4. The number of nitrogens with one attached hydrogen (secondary N) is 1. The maximum absolute atomic E-state index is 13.3. The normalized spacial score (nSPS) is 10.1. The first-order chi connectivity index (χ1) is 12.4. The molecule has 0 aliphatic heterocycles. The molecule has 0 aliphatic carbocycles. The molecule has 0 heterocycles. The van der Waals surface area contributed by atoms with Crippen LogP contribution in [-0.2, 0) is 20.7 Å². The standard InChI is InChI=1S/C19H18FNO5/c1-12(22)21-15-6-3-13(4-7-15)9-19(24)26-11-17(23)16-10-14(20)5-8-18(16)25-2/h3-8,10H,9,11H2,1-2H3,(H,21,22). The number of carbonyl (C=O) groups excluding carboxylic acids is 3. The molecule has 6 nitrogen and oxygen atoms in total. The van der Waals surface area contributed by atoms with E-state index in [9.17, 15) is 18.8 Å². The van der Waals surface area contributed by atoms with Crippen LogP contribution in [0.1, 0.15) is 22.8 Å². The Bertz CT molecular complexity index is 817. The number of hydrogen-bond donors (Lipinski definition) is 1. The number of ether oxygens (including phenoxy) is 2. The fraction of sp³-hybridized carbons (Fsp3) is 0.211. The predicted molar refractivity (Wildman–Crippen MR) is 92.7 cm³/mol. The van der Waals surface area contributed by atoms with Crippen molar-refractivity contribution in [3.8, 4) is 5.75 Å². The summed E-state index contributed by atoms with van der Waals surface area (Å²) in [7, 11) is 1.36. The monoisotopic (exact) mass is 359 g/mol. The lowest BCUT2D eigenvalue weighted by molar-refractivity contribution is -0.141. The van der Waals surface area contributed by atoms with E-state index in [0.717, 1.165) is 6.07 Å². The lowest BCUT2D eigenvalue weighted by Crippen LogP contribution is -2.16. The number of rotatable bonds is 7. The van der Waals surface area contributed by atoms with Gasteiger partial charge in [-0.2, -0.15) is 0 Å². The van der Waals surface area contributed by atoms with Gasteiger partial charge in [0.25, 0.3) is 0 Å². The molecule has 0 aromatic heterocycles. The summed E-state index contributed by atoms with van der Waals surface area (Å²) in [5.41, 5.74) is 1.29. The summed E-state index contributed by atoms with van der Waals surface area (Å²) in [6.45, 7) is 0.887. The van der Waals surface area contributed by atoms with E-state index >= 15 is 0 Å². The van der Waals surface area contributed by atoms with Gasteiger partial charge in [0.15, 0.2) is 6.61 Å². The predicted octanol–water partition coefficient (Wildman–Crippen LogP) is 2.76. The van der Waals surface area contributed by atoms with E-state index in [2.05, 4.69) is 5.32 Å². The molecule has 0 bridgehead atoms. The third-order valence-corrected chi connectivity index (χ3v) is 3.45. The first-order valence-corrected chi connectivity index (χ1v) is 7.78. The molecule has 0 saturated heterocycles. The van der Waals surface area contributed by atoms with Crippen LogP contribution in [0.15, 0.2) is 42.5 Å². The van der Waals surface area contributed by atoms with Crippen LogP contribution in [-0.4, -0.2) is 31.4 Å². The Morgan fingerprint density at radius 3 is 2.38 bits per heavy atom. The van der Waals surface area contributed by atoms with Crippen LogP contribution in [0, 0.1) is 5.82 Å². The number of anilines is 1. The van der Waals surface area contributed by atoms with Gasteiger partial charge in [0.2, 0.25) is 11.7 Å². The number of methoxy groups -OCH3 is 1. The van der Waals surface area contributed by atoms with Gasteiger partial charge in [0.05, 0.1) is 19.1 Å². The minimum atomic E-state index is -0.596. The third kappa shape index (κ3) is 5.41. The van der Waals surface area contributed by atoms with Gasteiger partial charge in [-0.25, -0.2) is 4.39 Å². The Balaban J connectivity index is 1.91. The molecule has 2 rings (SSSR count). The quantitative estimate of drug-likeness (QED) is 0.607. The summed E-state index contributed by atoms with van der Waals surface area (Å²) in [6, 6.07) is 10.2. The average molecular weight is 359 g/mol. The molecule has 2 aromatic carbocycles. The highest BCUT2D eigenvalue weighted by Gasteiger charge is 2.16. The van der Waals surface area contributed by atoms with Crippen molar-refractivity contribution in [2.45, 2.75) is 13.3 Å². The van der Waals surface area contributed by atoms with Crippen molar-refractivity contribution >= 4 is 23.3 Å². The van der Waals surface area contributed by atoms with Crippen molar-refractivity contribution < 1.29 is 28.2 Å². The van der Waals surface area contributed by atoms with Gasteiger partial charge in [-0.3, -0.25) is 14.4 Å². The minimum absolute atomic E-state index is 0.0139.